The molecule has 0 radical (unpaired) electrons. The molecule has 0 aromatic carbocycles. The number of nitrogens with zero attached hydrogens (tertiary/aromatic N) is 3. The SMILES string of the molecule is CC(C)C1OCCCC1CNc1ccc(C#N)nn1. The molecule has 1 N–H and O–H groups in total. The third-order valence-electron chi connectivity index (χ3n) is 3.48. The third kappa shape index (κ3) is 3.65. The zero-order valence-corrected chi connectivity index (χ0v) is 11.5. The number of hydrogen-bond donors (Lipinski definition) is 1. The molecule has 0 saturated carbocycles. The molecular formula is C14H20N4O. The summed E-state index contributed by atoms with van der Waals surface area (Å²) < 4.78 is 5.86. The Hall–Kier alpha value is -1.67. The van der Waals surface area contributed by atoms with E-state index < -0.39 is 0 Å². The maximum Gasteiger partial charge on any atom is 0.163 e. The summed E-state index contributed by atoms with van der Waals surface area (Å²) in [6, 6.07) is 5.42. The van der Waals surface area contributed by atoms with E-state index in [1.54, 1.807) is 12.1 Å². The molecule has 2 heterocycles. The van der Waals surface area contributed by atoms with Gasteiger partial charge < -0.3 is 10.1 Å². The van der Waals surface area contributed by atoms with Crippen LogP contribution >= 0.6 is 0 Å². The summed E-state index contributed by atoms with van der Waals surface area (Å²) in [5.74, 6) is 1.75. The summed E-state index contributed by atoms with van der Waals surface area (Å²) in [4.78, 5) is 0. The predicted molar refractivity (Wildman–Crippen MR) is 72.5 cm³/mol. The molecule has 5 heteroatoms. The lowest BCUT2D eigenvalue weighted by molar-refractivity contribution is -0.0481. The number of aromatic nitrogens is 2. The Morgan fingerprint density at radius 2 is 2.32 bits per heavy atom. The minimum Gasteiger partial charge on any atom is -0.378 e. The molecule has 19 heavy (non-hydrogen) atoms. The van der Waals surface area contributed by atoms with Crippen molar-refractivity contribution < 1.29 is 4.74 Å². The Kier molecular flexibility index (Phi) is 4.69. The van der Waals surface area contributed by atoms with Crippen LogP contribution in [0.15, 0.2) is 12.1 Å². The van der Waals surface area contributed by atoms with Crippen LogP contribution in [0.1, 0.15) is 32.4 Å². The van der Waals surface area contributed by atoms with Crippen LogP contribution in [-0.4, -0.2) is 29.5 Å². The van der Waals surface area contributed by atoms with E-state index >= 15 is 0 Å². The number of rotatable bonds is 4. The first-order valence-electron chi connectivity index (χ1n) is 6.80. The zero-order valence-electron chi connectivity index (χ0n) is 11.5. The van der Waals surface area contributed by atoms with Gasteiger partial charge in [0.2, 0.25) is 0 Å². The molecule has 0 bridgehead atoms. The summed E-state index contributed by atoms with van der Waals surface area (Å²) in [6.45, 7) is 6.11. The van der Waals surface area contributed by atoms with Crippen LogP contribution in [0.2, 0.25) is 0 Å². The van der Waals surface area contributed by atoms with E-state index in [0.29, 0.717) is 29.5 Å². The maximum absolute atomic E-state index is 8.67. The molecule has 1 aromatic heterocycles. The highest BCUT2D eigenvalue weighted by Crippen LogP contribution is 2.26. The van der Waals surface area contributed by atoms with E-state index in [4.69, 9.17) is 10.00 Å². The lowest BCUT2D eigenvalue weighted by atomic mass is 9.87. The van der Waals surface area contributed by atoms with Gasteiger partial charge in [0.1, 0.15) is 11.9 Å². The molecule has 1 aliphatic rings. The molecule has 0 amide bonds. The predicted octanol–water partition coefficient (Wildman–Crippen LogP) is 2.21. The number of nitrogens with one attached hydrogen (secondary N) is 1. The summed E-state index contributed by atoms with van der Waals surface area (Å²) in [6.07, 6.45) is 2.61. The molecule has 2 rings (SSSR count). The van der Waals surface area contributed by atoms with Gasteiger partial charge in [0, 0.05) is 19.1 Å². The van der Waals surface area contributed by atoms with Crippen molar-refractivity contribution in [2.24, 2.45) is 11.8 Å². The quantitative estimate of drug-likeness (QED) is 0.898. The van der Waals surface area contributed by atoms with Gasteiger partial charge in [-0.25, -0.2) is 0 Å². The highest BCUT2D eigenvalue weighted by molar-refractivity contribution is 5.35. The van der Waals surface area contributed by atoms with Gasteiger partial charge in [0.05, 0.1) is 6.10 Å². The lowest BCUT2D eigenvalue weighted by Gasteiger charge is -2.34. The Morgan fingerprint density at radius 3 is 2.95 bits per heavy atom. The molecule has 2 unspecified atom stereocenters. The van der Waals surface area contributed by atoms with E-state index in [9.17, 15) is 0 Å². The molecule has 1 saturated heterocycles. The largest absolute Gasteiger partial charge is 0.378 e. The molecule has 2 atom stereocenters. The van der Waals surface area contributed by atoms with Crippen LogP contribution in [0.5, 0.6) is 0 Å². The molecule has 102 valence electrons. The highest BCUT2D eigenvalue weighted by Gasteiger charge is 2.28. The average molecular weight is 260 g/mol. The van der Waals surface area contributed by atoms with E-state index in [0.717, 1.165) is 19.6 Å². The van der Waals surface area contributed by atoms with Crippen molar-refractivity contribution in [3.8, 4) is 6.07 Å². The van der Waals surface area contributed by atoms with Crippen LogP contribution in [0.4, 0.5) is 5.82 Å². The second-order valence-corrected chi connectivity index (χ2v) is 5.28. The third-order valence-corrected chi connectivity index (χ3v) is 3.48. The second kappa shape index (κ2) is 6.48. The fourth-order valence-corrected chi connectivity index (χ4v) is 2.54. The lowest BCUT2D eigenvalue weighted by Crippen LogP contribution is -2.37. The Bertz CT molecular complexity index is 438. The number of anilines is 1. The molecule has 0 spiro atoms. The molecule has 5 nitrogen and oxygen atoms in total. The van der Waals surface area contributed by atoms with Gasteiger partial charge in [0.25, 0.3) is 0 Å². The summed E-state index contributed by atoms with van der Waals surface area (Å²) in [5, 5.41) is 19.7. The van der Waals surface area contributed by atoms with Gasteiger partial charge in [-0.05, 0) is 30.9 Å². The molecule has 1 fully saturated rings. The Morgan fingerprint density at radius 1 is 1.47 bits per heavy atom. The monoisotopic (exact) mass is 260 g/mol. The molecule has 0 aliphatic carbocycles. The second-order valence-electron chi connectivity index (χ2n) is 5.28. The topological polar surface area (TPSA) is 70.8 Å². The molecule has 1 aliphatic heterocycles. The first-order valence-corrected chi connectivity index (χ1v) is 6.80. The van der Waals surface area contributed by atoms with Crippen LogP contribution < -0.4 is 5.32 Å². The molecular weight excluding hydrogens is 240 g/mol. The van der Waals surface area contributed by atoms with Gasteiger partial charge in [-0.15, -0.1) is 10.2 Å². The highest BCUT2D eigenvalue weighted by atomic mass is 16.5. The van der Waals surface area contributed by atoms with Gasteiger partial charge in [0.15, 0.2) is 5.69 Å². The van der Waals surface area contributed by atoms with E-state index in [2.05, 4.69) is 29.4 Å². The minimum atomic E-state index is 0.313. The van der Waals surface area contributed by atoms with E-state index in [1.165, 1.54) is 6.42 Å². The number of nitriles is 1. The maximum atomic E-state index is 8.67. The van der Waals surface area contributed by atoms with E-state index in [-0.39, 0.29) is 0 Å². The fraction of sp³-hybridized carbons (Fsp3) is 0.643. The van der Waals surface area contributed by atoms with Crippen molar-refractivity contribution in [2.45, 2.75) is 32.8 Å². The Labute approximate surface area is 114 Å². The number of hydrogen-bond acceptors (Lipinski definition) is 5. The summed E-state index contributed by atoms with van der Waals surface area (Å²) in [7, 11) is 0. The standard InChI is InChI=1S/C14H20N4O/c1-10(2)14-11(4-3-7-19-14)9-16-13-6-5-12(8-15)17-18-13/h5-6,10-11,14H,3-4,7,9H2,1-2H3,(H,16,18). The smallest absolute Gasteiger partial charge is 0.163 e. The van der Waals surface area contributed by atoms with Crippen molar-refractivity contribution in [2.75, 3.05) is 18.5 Å². The normalized spacial score (nSPS) is 23.1. The summed E-state index contributed by atoms with van der Waals surface area (Å²) >= 11 is 0. The van der Waals surface area contributed by atoms with Crippen LogP contribution in [-0.2, 0) is 4.74 Å². The summed E-state index contributed by atoms with van der Waals surface area (Å²) in [5.41, 5.74) is 0.339. The van der Waals surface area contributed by atoms with Crippen molar-refractivity contribution in [3.05, 3.63) is 17.8 Å². The minimum absolute atomic E-state index is 0.313. The van der Waals surface area contributed by atoms with Crippen molar-refractivity contribution in [3.63, 3.8) is 0 Å². The Balaban J connectivity index is 1.91. The fourth-order valence-electron chi connectivity index (χ4n) is 2.54. The first kappa shape index (κ1) is 13.8. The van der Waals surface area contributed by atoms with Gasteiger partial charge >= 0.3 is 0 Å². The average Bonchev–Trinajstić information content (AvgIpc) is 2.46. The van der Waals surface area contributed by atoms with Gasteiger partial charge in [-0.1, -0.05) is 13.8 Å². The van der Waals surface area contributed by atoms with E-state index in [1.807, 2.05) is 6.07 Å². The van der Waals surface area contributed by atoms with Crippen LogP contribution in [0.3, 0.4) is 0 Å². The number of ether oxygens (including phenoxy) is 1. The van der Waals surface area contributed by atoms with Crippen LogP contribution in [0.25, 0.3) is 0 Å². The van der Waals surface area contributed by atoms with Crippen LogP contribution in [0, 0.1) is 23.2 Å². The first-order chi connectivity index (χ1) is 9.20. The van der Waals surface area contributed by atoms with Crippen molar-refractivity contribution in [1.29, 1.82) is 5.26 Å². The van der Waals surface area contributed by atoms with Gasteiger partial charge in [-0.3, -0.25) is 0 Å². The van der Waals surface area contributed by atoms with Crippen molar-refractivity contribution in [1.82, 2.24) is 10.2 Å². The zero-order chi connectivity index (χ0) is 13.7. The van der Waals surface area contributed by atoms with Crippen molar-refractivity contribution >= 4 is 5.82 Å². The van der Waals surface area contributed by atoms with Gasteiger partial charge in [-0.2, -0.15) is 5.26 Å². The molecule has 1 aromatic rings.